The van der Waals surface area contributed by atoms with Gasteiger partial charge in [0.2, 0.25) is 0 Å². The summed E-state index contributed by atoms with van der Waals surface area (Å²) in [6.07, 6.45) is 0.163. The van der Waals surface area contributed by atoms with Crippen molar-refractivity contribution in [2.75, 3.05) is 0 Å². The molecule has 4 unspecified atom stereocenters. The van der Waals surface area contributed by atoms with E-state index in [0.29, 0.717) is 12.8 Å². The van der Waals surface area contributed by atoms with Crippen molar-refractivity contribution in [2.24, 2.45) is 11.7 Å². The second kappa shape index (κ2) is 2.19. The minimum Gasteiger partial charge on any atom is -0.459 e. The molecule has 0 aromatic heterocycles. The van der Waals surface area contributed by atoms with Crippen molar-refractivity contribution in [3.8, 4) is 0 Å². The summed E-state index contributed by atoms with van der Waals surface area (Å²) in [6, 6.07) is -0.210. The third-order valence-corrected chi connectivity index (χ3v) is 2.51. The zero-order chi connectivity index (χ0) is 8.01. The lowest BCUT2D eigenvalue weighted by atomic mass is 10.0. The van der Waals surface area contributed by atoms with Gasteiger partial charge in [-0.15, -0.1) is 0 Å². The molecule has 1 saturated heterocycles. The van der Waals surface area contributed by atoms with Crippen LogP contribution in [0.5, 0.6) is 0 Å². The van der Waals surface area contributed by atoms with Crippen LogP contribution in [0.3, 0.4) is 0 Å². The highest BCUT2D eigenvalue weighted by molar-refractivity contribution is 5.72. The Morgan fingerprint density at radius 1 is 1.64 bits per heavy atom. The van der Waals surface area contributed by atoms with Crippen molar-refractivity contribution in [1.82, 2.24) is 0 Å². The first-order valence-electron chi connectivity index (χ1n) is 3.81. The van der Waals surface area contributed by atoms with Gasteiger partial charge < -0.3 is 15.6 Å². The van der Waals surface area contributed by atoms with Gasteiger partial charge in [-0.2, -0.15) is 0 Å². The average Bonchev–Trinajstić information content (AvgIpc) is 2.37. The lowest BCUT2D eigenvalue weighted by Crippen LogP contribution is -2.36. The van der Waals surface area contributed by atoms with Gasteiger partial charge in [0.1, 0.15) is 12.2 Å². The smallest absolute Gasteiger partial charge is 0.306 e. The van der Waals surface area contributed by atoms with E-state index >= 15 is 0 Å². The van der Waals surface area contributed by atoms with Gasteiger partial charge >= 0.3 is 5.97 Å². The molecule has 4 heteroatoms. The summed E-state index contributed by atoms with van der Waals surface area (Å²) in [6.45, 7) is 0. The molecule has 0 aromatic carbocycles. The lowest BCUT2D eigenvalue weighted by molar-refractivity contribution is -0.145. The van der Waals surface area contributed by atoms with Crippen LogP contribution in [0.25, 0.3) is 0 Å². The number of esters is 1. The summed E-state index contributed by atoms with van der Waals surface area (Å²) < 4.78 is 4.90. The predicted octanol–water partition coefficient (Wildman–Crippen LogP) is -0.990. The molecule has 1 heterocycles. The van der Waals surface area contributed by atoms with Gasteiger partial charge in [-0.3, -0.25) is 4.79 Å². The van der Waals surface area contributed by atoms with Gasteiger partial charge in [0.25, 0.3) is 0 Å². The number of aliphatic hydroxyl groups is 1. The number of hydrogen-bond acceptors (Lipinski definition) is 4. The Kier molecular flexibility index (Phi) is 1.40. The van der Waals surface area contributed by atoms with E-state index in [2.05, 4.69) is 0 Å². The average molecular weight is 157 g/mol. The van der Waals surface area contributed by atoms with Crippen LogP contribution in [-0.2, 0) is 9.53 Å². The van der Waals surface area contributed by atoms with Gasteiger partial charge in [0.15, 0.2) is 0 Å². The highest BCUT2D eigenvalue weighted by atomic mass is 16.6. The minimum absolute atomic E-state index is 0.160. The van der Waals surface area contributed by atoms with Gasteiger partial charge in [0, 0.05) is 12.0 Å². The summed E-state index contributed by atoms with van der Waals surface area (Å²) in [5.74, 6) is -0.0431. The summed E-state index contributed by atoms with van der Waals surface area (Å²) in [5, 5.41) is 9.38. The van der Waals surface area contributed by atoms with Gasteiger partial charge in [-0.05, 0) is 6.42 Å². The number of hydrogen-bond donors (Lipinski definition) is 2. The van der Waals surface area contributed by atoms with Crippen molar-refractivity contribution in [3.63, 3.8) is 0 Å². The Hall–Kier alpha value is -0.610. The van der Waals surface area contributed by atoms with E-state index in [1.165, 1.54) is 0 Å². The van der Waals surface area contributed by atoms with Crippen LogP contribution >= 0.6 is 0 Å². The Morgan fingerprint density at radius 2 is 2.36 bits per heavy atom. The molecular formula is C7H11NO3. The third kappa shape index (κ3) is 0.937. The van der Waals surface area contributed by atoms with Crippen LogP contribution in [-0.4, -0.2) is 29.3 Å². The molecule has 2 aliphatic rings. The molecule has 2 fully saturated rings. The van der Waals surface area contributed by atoms with E-state index in [1.807, 2.05) is 0 Å². The van der Waals surface area contributed by atoms with Crippen LogP contribution in [0.2, 0.25) is 0 Å². The molecular weight excluding hydrogens is 146 g/mol. The SMILES string of the molecule is NC1CC2CC(=O)OC2C1O. The van der Waals surface area contributed by atoms with E-state index in [9.17, 15) is 9.90 Å². The van der Waals surface area contributed by atoms with Gasteiger partial charge in [0.05, 0.1) is 6.42 Å². The first-order valence-corrected chi connectivity index (χ1v) is 3.81. The van der Waals surface area contributed by atoms with E-state index in [4.69, 9.17) is 10.5 Å². The largest absolute Gasteiger partial charge is 0.459 e. The first kappa shape index (κ1) is 7.06. The van der Waals surface area contributed by atoms with E-state index in [1.54, 1.807) is 0 Å². The maximum absolute atomic E-state index is 10.7. The van der Waals surface area contributed by atoms with Gasteiger partial charge in [-0.25, -0.2) is 0 Å². The molecule has 1 saturated carbocycles. The van der Waals surface area contributed by atoms with E-state index in [0.717, 1.165) is 0 Å². The zero-order valence-corrected chi connectivity index (χ0v) is 6.06. The number of rotatable bonds is 0. The number of carbonyl (C=O) groups excluding carboxylic acids is 1. The number of carbonyl (C=O) groups is 1. The van der Waals surface area contributed by atoms with Crippen molar-refractivity contribution < 1.29 is 14.6 Å². The van der Waals surface area contributed by atoms with Crippen LogP contribution in [0.4, 0.5) is 0 Å². The zero-order valence-electron chi connectivity index (χ0n) is 6.06. The highest BCUT2D eigenvalue weighted by Crippen LogP contribution is 2.35. The van der Waals surface area contributed by atoms with Crippen LogP contribution in [0.1, 0.15) is 12.8 Å². The molecule has 1 aliphatic heterocycles. The predicted molar refractivity (Wildman–Crippen MR) is 36.6 cm³/mol. The molecule has 0 bridgehead atoms. The minimum atomic E-state index is -0.647. The fourth-order valence-electron chi connectivity index (χ4n) is 1.93. The van der Waals surface area contributed by atoms with E-state index in [-0.39, 0.29) is 24.0 Å². The second-order valence-electron chi connectivity index (χ2n) is 3.31. The number of nitrogens with two attached hydrogens (primary N) is 1. The standard InChI is InChI=1S/C7H11NO3/c8-4-1-3-2-5(9)11-7(3)6(4)10/h3-4,6-7,10H,1-2,8H2. The van der Waals surface area contributed by atoms with Crippen LogP contribution in [0, 0.1) is 5.92 Å². The van der Waals surface area contributed by atoms with Crippen molar-refractivity contribution >= 4 is 5.97 Å². The monoisotopic (exact) mass is 157 g/mol. The molecule has 0 radical (unpaired) electrons. The first-order chi connectivity index (χ1) is 5.18. The topological polar surface area (TPSA) is 72.6 Å². The fourth-order valence-corrected chi connectivity index (χ4v) is 1.93. The molecule has 62 valence electrons. The van der Waals surface area contributed by atoms with Crippen molar-refractivity contribution in [2.45, 2.75) is 31.1 Å². The number of ether oxygens (including phenoxy) is 1. The van der Waals surface area contributed by atoms with E-state index < -0.39 is 6.10 Å². The Labute approximate surface area is 64.3 Å². The number of aliphatic hydroxyl groups excluding tert-OH is 1. The number of fused-ring (bicyclic) bond motifs is 1. The summed E-state index contributed by atoms with van der Waals surface area (Å²) in [5.41, 5.74) is 5.57. The maximum Gasteiger partial charge on any atom is 0.306 e. The Balaban J connectivity index is 2.13. The maximum atomic E-state index is 10.7. The van der Waals surface area contributed by atoms with Gasteiger partial charge in [-0.1, -0.05) is 0 Å². The lowest BCUT2D eigenvalue weighted by Gasteiger charge is -2.13. The Bertz CT molecular complexity index is 194. The summed E-state index contributed by atoms with van der Waals surface area (Å²) in [4.78, 5) is 10.7. The van der Waals surface area contributed by atoms with Crippen LogP contribution in [0.15, 0.2) is 0 Å². The molecule has 2 rings (SSSR count). The highest BCUT2D eigenvalue weighted by Gasteiger charge is 2.48. The molecule has 3 N–H and O–H groups in total. The molecule has 4 nitrogen and oxygen atoms in total. The molecule has 11 heavy (non-hydrogen) atoms. The molecule has 4 atom stereocenters. The quantitative estimate of drug-likeness (QED) is 0.443. The molecule has 0 spiro atoms. The summed E-state index contributed by atoms with van der Waals surface area (Å²) >= 11 is 0. The normalized spacial score (nSPS) is 49.1. The Morgan fingerprint density at radius 3 is 3.00 bits per heavy atom. The second-order valence-corrected chi connectivity index (χ2v) is 3.31. The van der Waals surface area contributed by atoms with Crippen molar-refractivity contribution in [3.05, 3.63) is 0 Å². The molecule has 0 amide bonds. The molecule has 1 aliphatic carbocycles. The molecule has 0 aromatic rings. The summed E-state index contributed by atoms with van der Waals surface area (Å²) in [7, 11) is 0. The third-order valence-electron chi connectivity index (χ3n) is 2.51. The van der Waals surface area contributed by atoms with Crippen LogP contribution < -0.4 is 5.73 Å². The van der Waals surface area contributed by atoms with Crippen molar-refractivity contribution in [1.29, 1.82) is 0 Å². The fraction of sp³-hybridized carbons (Fsp3) is 0.857.